The van der Waals surface area contributed by atoms with Crippen molar-refractivity contribution in [3.05, 3.63) is 0 Å². The first-order chi connectivity index (χ1) is 20.8. The second-order valence-corrected chi connectivity index (χ2v) is 11.4. The highest BCUT2D eigenvalue weighted by molar-refractivity contribution is 5.77. The largest absolute Gasteiger partial charge is 0.481 e. The number of nitrogens with two attached hydrogens (primary N) is 1. The van der Waals surface area contributed by atoms with E-state index in [-0.39, 0.29) is 25.0 Å². The monoisotopic (exact) mass is 615 g/mol. The number of unbranched alkanes of at least 4 members (excludes halogenated alkanes) is 16. The minimum Gasteiger partial charge on any atom is -0.481 e. The zero-order valence-electron chi connectivity index (χ0n) is 26.6. The normalized spacial score (nSPS) is 11.7. The molecule has 0 bridgehead atoms. The Labute approximate surface area is 259 Å². The van der Waals surface area contributed by atoms with Crippen LogP contribution in [0, 0.1) is 0 Å². The minimum atomic E-state index is -1.01. The molecular formula is C32H61N3O8. The van der Waals surface area contributed by atoms with Gasteiger partial charge >= 0.3 is 11.9 Å². The van der Waals surface area contributed by atoms with E-state index in [0.717, 1.165) is 32.1 Å². The van der Waals surface area contributed by atoms with Gasteiger partial charge in [-0.15, -0.1) is 0 Å². The van der Waals surface area contributed by atoms with Crippen LogP contribution in [0.4, 0.5) is 0 Å². The number of carboxylic acids is 2. The van der Waals surface area contributed by atoms with Crippen LogP contribution in [0.5, 0.6) is 0 Å². The van der Waals surface area contributed by atoms with Crippen molar-refractivity contribution < 1.29 is 38.9 Å². The lowest BCUT2D eigenvalue weighted by molar-refractivity contribution is -0.139. The molecule has 11 heteroatoms. The molecule has 0 saturated carbocycles. The predicted molar refractivity (Wildman–Crippen MR) is 168 cm³/mol. The number of carbonyl (C=O) groups is 4. The van der Waals surface area contributed by atoms with Gasteiger partial charge in [-0.2, -0.15) is 0 Å². The molecule has 0 saturated heterocycles. The van der Waals surface area contributed by atoms with Crippen molar-refractivity contribution in [1.82, 2.24) is 10.6 Å². The number of amides is 2. The molecule has 11 nitrogen and oxygen atoms in total. The Kier molecular flexibility index (Phi) is 29.6. The number of carboxylic acid groups (broad SMARTS) is 2. The van der Waals surface area contributed by atoms with E-state index >= 15 is 0 Å². The van der Waals surface area contributed by atoms with Crippen molar-refractivity contribution >= 4 is 23.8 Å². The fourth-order valence-electron chi connectivity index (χ4n) is 4.66. The van der Waals surface area contributed by atoms with E-state index in [1.165, 1.54) is 70.6 Å². The molecule has 0 radical (unpaired) electrons. The summed E-state index contributed by atoms with van der Waals surface area (Å²) in [5.74, 6) is -1.87. The van der Waals surface area contributed by atoms with Crippen LogP contribution in [0.15, 0.2) is 0 Å². The van der Waals surface area contributed by atoms with Crippen LogP contribution in [0.3, 0.4) is 0 Å². The number of hydrogen-bond donors (Lipinski definition) is 5. The summed E-state index contributed by atoms with van der Waals surface area (Å²) < 4.78 is 10.7. The van der Waals surface area contributed by atoms with Gasteiger partial charge in [-0.3, -0.25) is 19.2 Å². The summed E-state index contributed by atoms with van der Waals surface area (Å²) in [6.45, 7) is 1.88. The number of nitrogens with one attached hydrogen (secondary N) is 2. The first-order valence-corrected chi connectivity index (χ1v) is 16.7. The Hall–Kier alpha value is -2.24. The topological polar surface area (TPSA) is 177 Å². The Morgan fingerprint density at radius 2 is 1.00 bits per heavy atom. The van der Waals surface area contributed by atoms with Crippen LogP contribution in [-0.4, -0.2) is 79.5 Å². The lowest BCUT2D eigenvalue weighted by Crippen LogP contribution is -2.31. The fraction of sp³-hybridized carbons (Fsp3) is 0.875. The van der Waals surface area contributed by atoms with Gasteiger partial charge in [0.1, 0.15) is 12.6 Å². The average Bonchev–Trinajstić information content (AvgIpc) is 2.97. The molecule has 1 atom stereocenters. The van der Waals surface area contributed by atoms with E-state index in [0.29, 0.717) is 58.4 Å². The van der Waals surface area contributed by atoms with Crippen molar-refractivity contribution in [2.45, 2.75) is 141 Å². The SMILES string of the molecule is N[C@@H](CCCCNC(=O)COCCOCCNC(=O)CCCCCCCCCCCCCCCCCCC(=O)O)C(=O)O. The molecule has 2 amide bonds. The zero-order valence-corrected chi connectivity index (χ0v) is 26.6. The molecule has 0 heterocycles. The molecule has 252 valence electrons. The number of aliphatic carboxylic acids is 2. The molecule has 6 N–H and O–H groups in total. The molecule has 0 rings (SSSR count). The Balaban J connectivity index is 3.27. The van der Waals surface area contributed by atoms with E-state index in [1.54, 1.807) is 0 Å². The van der Waals surface area contributed by atoms with E-state index < -0.39 is 18.0 Å². The summed E-state index contributed by atoms with van der Waals surface area (Å²) in [4.78, 5) is 44.7. The molecule has 0 aromatic carbocycles. The number of ether oxygens (including phenoxy) is 2. The Morgan fingerprint density at radius 3 is 1.51 bits per heavy atom. The quantitative estimate of drug-likeness (QED) is 0.0640. The average molecular weight is 616 g/mol. The summed E-state index contributed by atoms with van der Waals surface area (Å²) in [7, 11) is 0. The summed E-state index contributed by atoms with van der Waals surface area (Å²) in [5.41, 5.74) is 5.42. The third-order valence-corrected chi connectivity index (χ3v) is 7.30. The van der Waals surface area contributed by atoms with Crippen LogP contribution < -0.4 is 16.4 Å². The van der Waals surface area contributed by atoms with Gasteiger partial charge in [-0.05, 0) is 32.1 Å². The molecule has 0 aliphatic heterocycles. The van der Waals surface area contributed by atoms with Gasteiger partial charge in [0.2, 0.25) is 11.8 Å². The molecule has 0 aromatic rings. The van der Waals surface area contributed by atoms with Crippen LogP contribution >= 0.6 is 0 Å². The molecule has 0 aliphatic carbocycles. The van der Waals surface area contributed by atoms with Gasteiger partial charge in [0, 0.05) is 25.9 Å². The maximum atomic E-state index is 11.9. The third kappa shape index (κ3) is 32.5. The number of rotatable bonds is 33. The van der Waals surface area contributed by atoms with Crippen LogP contribution in [0.2, 0.25) is 0 Å². The smallest absolute Gasteiger partial charge is 0.320 e. The lowest BCUT2D eigenvalue weighted by atomic mass is 10.0. The highest BCUT2D eigenvalue weighted by atomic mass is 16.5. The summed E-state index contributed by atoms with van der Waals surface area (Å²) in [6, 6.07) is -0.859. The van der Waals surface area contributed by atoms with Gasteiger partial charge in [-0.25, -0.2) is 0 Å². The summed E-state index contributed by atoms with van der Waals surface area (Å²) >= 11 is 0. The Bertz CT molecular complexity index is 708. The van der Waals surface area contributed by atoms with Crippen LogP contribution in [0.1, 0.15) is 135 Å². The van der Waals surface area contributed by atoms with Gasteiger partial charge in [0.15, 0.2) is 0 Å². The van der Waals surface area contributed by atoms with Crippen LogP contribution in [0.25, 0.3) is 0 Å². The maximum Gasteiger partial charge on any atom is 0.320 e. The first-order valence-electron chi connectivity index (χ1n) is 16.7. The second-order valence-electron chi connectivity index (χ2n) is 11.4. The predicted octanol–water partition coefficient (Wildman–Crippen LogP) is 4.94. The van der Waals surface area contributed by atoms with Crippen molar-refractivity contribution in [3.8, 4) is 0 Å². The molecular weight excluding hydrogens is 554 g/mol. The van der Waals surface area contributed by atoms with Gasteiger partial charge in [-0.1, -0.05) is 89.9 Å². The molecule has 0 spiro atoms. The van der Waals surface area contributed by atoms with Crippen molar-refractivity contribution in [1.29, 1.82) is 0 Å². The van der Waals surface area contributed by atoms with Crippen molar-refractivity contribution in [2.24, 2.45) is 5.73 Å². The van der Waals surface area contributed by atoms with E-state index in [1.807, 2.05) is 0 Å². The van der Waals surface area contributed by atoms with Crippen molar-refractivity contribution in [2.75, 3.05) is 39.5 Å². The third-order valence-electron chi connectivity index (χ3n) is 7.30. The first kappa shape index (κ1) is 40.8. The molecule has 0 aromatic heterocycles. The summed E-state index contributed by atoms with van der Waals surface area (Å²) in [6.07, 6.45) is 21.6. The van der Waals surface area contributed by atoms with E-state index in [9.17, 15) is 19.2 Å². The Morgan fingerprint density at radius 1 is 0.535 bits per heavy atom. The van der Waals surface area contributed by atoms with Gasteiger partial charge in [0.25, 0.3) is 0 Å². The van der Waals surface area contributed by atoms with E-state index in [4.69, 9.17) is 25.4 Å². The molecule has 0 aliphatic rings. The van der Waals surface area contributed by atoms with Gasteiger partial charge in [0.05, 0.1) is 19.8 Å². The maximum absolute atomic E-state index is 11.9. The standard InChI is InChI=1S/C32H61N3O8/c33-28(32(40)41)19-17-18-22-34-30(37)27-43-26-25-42-24-23-35-29(36)20-15-13-11-9-7-5-3-1-2-4-6-8-10-12-14-16-21-31(38)39/h28H,1-27,33H2,(H,34,37)(H,35,36)(H,38,39)(H,40,41)/t28-/m0/s1. The summed E-state index contributed by atoms with van der Waals surface area (Å²) in [5, 5.41) is 22.9. The molecule has 43 heavy (non-hydrogen) atoms. The zero-order chi connectivity index (χ0) is 31.8. The van der Waals surface area contributed by atoms with Gasteiger partial charge < -0.3 is 36.1 Å². The van der Waals surface area contributed by atoms with E-state index in [2.05, 4.69) is 10.6 Å². The van der Waals surface area contributed by atoms with Crippen molar-refractivity contribution in [3.63, 3.8) is 0 Å². The molecule has 0 unspecified atom stereocenters. The second kappa shape index (κ2) is 31.2. The lowest BCUT2D eigenvalue weighted by Gasteiger charge is -2.09. The minimum absolute atomic E-state index is 0.0552. The highest BCUT2D eigenvalue weighted by Crippen LogP contribution is 2.14. The number of carbonyl (C=O) groups excluding carboxylic acids is 2. The fourth-order valence-corrected chi connectivity index (χ4v) is 4.66. The highest BCUT2D eigenvalue weighted by Gasteiger charge is 2.10. The van der Waals surface area contributed by atoms with Crippen LogP contribution in [-0.2, 0) is 28.7 Å². The molecule has 0 fully saturated rings. The number of hydrogen-bond acceptors (Lipinski definition) is 7.